The maximum absolute atomic E-state index is 12.1. The van der Waals surface area contributed by atoms with Crippen LogP contribution in [0.5, 0.6) is 5.75 Å². The second-order valence-corrected chi connectivity index (χ2v) is 6.34. The molecule has 0 spiro atoms. The van der Waals surface area contributed by atoms with Gasteiger partial charge >= 0.3 is 0 Å². The molecule has 2 aromatic carbocycles. The number of hydrogen-bond donors (Lipinski definition) is 2. The largest absolute Gasteiger partial charge is 0.489 e. The molecule has 2 atom stereocenters. The van der Waals surface area contributed by atoms with Crippen molar-refractivity contribution in [2.45, 2.75) is 25.5 Å². The van der Waals surface area contributed by atoms with Crippen LogP contribution in [0.1, 0.15) is 12.5 Å². The summed E-state index contributed by atoms with van der Waals surface area (Å²) in [5, 5.41) is 2.84. The van der Waals surface area contributed by atoms with Crippen LogP contribution in [0.15, 0.2) is 59.1 Å². The molecule has 0 bridgehead atoms. The van der Waals surface area contributed by atoms with Crippen LogP contribution in [-0.4, -0.2) is 24.6 Å². The van der Waals surface area contributed by atoms with Gasteiger partial charge in [0, 0.05) is 4.47 Å². The average Bonchev–Trinajstić information content (AvgIpc) is 2.53. The summed E-state index contributed by atoms with van der Waals surface area (Å²) in [6.45, 7) is 2.32. The first kappa shape index (κ1) is 17.5. The number of hydrogen-bond acceptors (Lipinski definition) is 3. The van der Waals surface area contributed by atoms with E-state index in [0.717, 1.165) is 15.8 Å². The zero-order valence-corrected chi connectivity index (χ0v) is 14.6. The fourth-order valence-corrected chi connectivity index (χ4v) is 2.53. The van der Waals surface area contributed by atoms with Gasteiger partial charge < -0.3 is 15.8 Å². The zero-order chi connectivity index (χ0) is 16.7. The van der Waals surface area contributed by atoms with Crippen molar-refractivity contribution in [3.05, 3.63) is 64.6 Å². The van der Waals surface area contributed by atoms with E-state index in [9.17, 15) is 4.79 Å². The molecular formula is C18H21BrN2O2. The Morgan fingerprint density at radius 3 is 2.65 bits per heavy atom. The second kappa shape index (κ2) is 8.70. The molecule has 2 aromatic rings. The van der Waals surface area contributed by atoms with E-state index in [4.69, 9.17) is 10.5 Å². The number of nitrogens with one attached hydrogen (secondary N) is 1. The minimum Gasteiger partial charge on any atom is -0.489 e. The van der Waals surface area contributed by atoms with Crippen LogP contribution < -0.4 is 15.8 Å². The van der Waals surface area contributed by atoms with Gasteiger partial charge in [-0.3, -0.25) is 4.79 Å². The number of halogens is 1. The lowest BCUT2D eigenvalue weighted by Crippen LogP contribution is -2.45. The molecule has 0 fully saturated rings. The van der Waals surface area contributed by atoms with E-state index in [1.807, 2.05) is 61.5 Å². The normalized spacial score (nSPS) is 13.2. The topological polar surface area (TPSA) is 64.4 Å². The molecule has 0 aromatic heterocycles. The molecule has 4 nitrogen and oxygen atoms in total. The maximum atomic E-state index is 12.1. The standard InChI is InChI=1S/C18H21BrN2O2/c1-13(23-16-9-5-8-15(19)11-16)12-21-18(22)17(20)10-14-6-3-2-4-7-14/h2-9,11,13,17H,10,12,20H2,1H3,(H,21,22)/t13?,17-/m0/s1. The van der Waals surface area contributed by atoms with E-state index in [2.05, 4.69) is 21.2 Å². The van der Waals surface area contributed by atoms with Crippen molar-refractivity contribution in [2.24, 2.45) is 5.73 Å². The van der Waals surface area contributed by atoms with Gasteiger partial charge in [-0.2, -0.15) is 0 Å². The number of rotatable bonds is 7. The summed E-state index contributed by atoms with van der Waals surface area (Å²) < 4.78 is 6.71. The van der Waals surface area contributed by atoms with Crippen LogP contribution in [0.2, 0.25) is 0 Å². The highest BCUT2D eigenvalue weighted by Crippen LogP contribution is 2.18. The predicted octanol–water partition coefficient (Wildman–Crippen LogP) is 2.90. The van der Waals surface area contributed by atoms with Crippen LogP contribution in [0.4, 0.5) is 0 Å². The first-order valence-electron chi connectivity index (χ1n) is 7.54. The molecule has 5 heteroatoms. The van der Waals surface area contributed by atoms with E-state index >= 15 is 0 Å². The first-order valence-corrected chi connectivity index (χ1v) is 8.33. The van der Waals surface area contributed by atoms with Crippen LogP contribution in [0, 0.1) is 0 Å². The second-order valence-electron chi connectivity index (χ2n) is 5.43. The van der Waals surface area contributed by atoms with Gasteiger partial charge in [0.25, 0.3) is 0 Å². The van der Waals surface area contributed by atoms with Gasteiger partial charge in [-0.1, -0.05) is 52.3 Å². The van der Waals surface area contributed by atoms with Crippen LogP contribution in [0.25, 0.3) is 0 Å². The third-order valence-electron chi connectivity index (χ3n) is 3.33. The number of carbonyl (C=O) groups is 1. The molecule has 0 heterocycles. The molecule has 1 unspecified atom stereocenters. The number of carbonyl (C=O) groups excluding carboxylic acids is 1. The van der Waals surface area contributed by atoms with Crippen molar-refractivity contribution in [3.63, 3.8) is 0 Å². The third-order valence-corrected chi connectivity index (χ3v) is 3.83. The Bertz CT molecular complexity index is 634. The minimum absolute atomic E-state index is 0.142. The molecule has 0 aliphatic rings. The highest BCUT2D eigenvalue weighted by atomic mass is 79.9. The molecule has 122 valence electrons. The number of ether oxygens (including phenoxy) is 1. The maximum Gasteiger partial charge on any atom is 0.237 e. The Morgan fingerprint density at radius 1 is 1.22 bits per heavy atom. The fourth-order valence-electron chi connectivity index (χ4n) is 2.15. The van der Waals surface area contributed by atoms with Gasteiger partial charge in [0.1, 0.15) is 11.9 Å². The smallest absolute Gasteiger partial charge is 0.237 e. The lowest BCUT2D eigenvalue weighted by Gasteiger charge is -2.17. The van der Waals surface area contributed by atoms with E-state index < -0.39 is 6.04 Å². The quantitative estimate of drug-likeness (QED) is 0.780. The van der Waals surface area contributed by atoms with Crippen molar-refractivity contribution < 1.29 is 9.53 Å². The fraction of sp³-hybridized carbons (Fsp3) is 0.278. The minimum atomic E-state index is -0.560. The summed E-state index contributed by atoms with van der Waals surface area (Å²) in [5.41, 5.74) is 7.00. The lowest BCUT2D eigenvalue weighted by molar-refractivity contribution is -0.122. The Balaban J connectivity index is 1.77. The van der Waals surface area contributed by atoms with Crippen LogP contribution in [-0.2, 0) is 11.2 Å². The van der Waals surface area contributed by atoms with Gasteiger partial charge in [-0.05, 0) is 37.1 Å². The van der Waals surface area contributed by atoms with Crippen molar-refractivity contribution in [3.8, 4) is 5.75 Å². The highest BCUT2D eigenvalue weighted by Gasteiger charge is 2.15. The average molecular weight is 377 g/mol. The molecule has 0 radical (unpaired) electrons. The van der Waals surface area contributed by atoms with Crippen LogP contribution in [0.3, 0.4) is 0 Å². The molecule has 2 rings (SSSR count). The summed E-state index contributed by atoms with van der Waals surface area (Å²) in [6.07, 6.45) is 0.380. The zero-order valence-electron chi connectivity index (χ0n) is 13.0. The lowest BCUT2D eigenvalue weighted by atomic mass is 10.1. The van der Waals surface area contributed by atoms with Crippen molar-refractivity contribution in [1.29, 1.82) is 0 Å². The summed E-state index contributed by atoms with van der Waals surface area (Å²) in [4.78, 5) is 12.1. The number of benzene rings is 2. The van der Waals surface area contributed by atoms with E-state index in [0.29, 0.717) is 13.0 Å². The molecule has 23 heavy (non-hydrogen) atoms. The Kier molecular flexibility index (Phi) is 6.62. The highest BCUT2D eigenvalue weighted by molar-refractivity contribution is 9.10. The predicted molar refractivity (Wildman–Crippen MR) is 95.4 cm³/mol. The number of amides is 1. The Morgan fingerprint density at radius 2 is 1.96 bits per heavy atom. The SMILES string of the molecule is CC(CNC(=O)[C@@H](N)Cc1ccccc1)Oc1cccc(Br)c1. The van der Waals surface area contributed by atoms with Crippen LogP contribution >= 0.6 is 15.9 Å². The van der Waals surface area contributed by atoms with Crippen molar-refractivity contribution >= 4 is 21.8 Å². The molecular weight excluding hydrogens is 356 g/mol. The van der Waals surface area contributed by atoms with Gasteiger partial charge in [-0.15, -0.1) is 0 Å². The molecule has 0 saturated carbocycles. The summed E-state index contributed by atoms with van der Waals surface area (Å²) in [6, 6.07) is 16.8. The van der Waals surface area contributed by atoms with Gasteiger partial charge in [0.15, 0.2) is 0 Å². The summed E-state index contributed by atoms with van der Waals surface area (Å²) in [7, 11) is 0. The molecule has 1 amide bonds. The summed E-state index contributed by atoms with van der Waals surface area (Å²) >= 11 is 3.40. The number of nitrogens with two attached hydrogens (primary N) is 1. The Labute approximate surface area is 145 Å². The Hall–Kier alpha value is -1.85. The van der Waals surface area contributed by atoms with Gasteiger partial charge in [-0.25, -0.2) is 0 Å². The third kappa shape index (κ3) is 6.04. The summed E-state index contributed by atoms with van der Waals surface area (Å²) in [5.74, 6) is 0.591. The van der Waals surface area contributed by atoms with E-state index in [-0.39, 0.29) is 12.0 Å². The monoisotopic (exact) mass is 376 g/mol. The van der Waals surface area contributed by atoms with E-state index in [1.165, 1.54) is 0 Å². The molecule has 3 N–H and O–H groups in total. The van der Waals surface area contributed by atoms with Gasteiger partial charge in [0.05, 0.1) is 12.6 Å². The van der Waals surface area contributed by atoms with Crippen molar-refractivity contribution in [1.82, 2.24) is 5.32 Å². The van der Waals surface area contributed by atoms with E-state index in [1.54, 1.807) is 0 Å². The molecule has 0 saturated heterocycles. The first-order chi connectivity index (χ1) is 11.0. The van der Waals surface area contributed by atoms with Gasteiger partial charge in [0.2, 0.25) is 5.91 Å². The molecule has 0 aliphatic carbocycles. The van der Waals surface area contributed by atoms with Crippen molar-refractivity contribution in [2.75, 3.05) is 6.54 Å². The molecule has 0 aliphatic heterocycles.